The molecule has 0 unspecified atom stereocenters. The fourth-order valence-corrected chi connectivity index (χ4v) is 4.17. The predicted octanol–water partition coefficient (Wildman–Crippen LogP) is 4.55. The predicted molar refractivity (Wildman–Crippen MR) is 131 cm³/mol. The minimum Gasteiger partial charge on any atom is -0.497 e. The molecule has 0 aliphatic carbocycles. The number of anilines is 2. The molecule has 0 amide bonds. The molecule has 180 valence electrons. The Bertz CT molecular complexity index is 1450. The van der Waals surface area contributed by atoms with Crippen LogP contribution in [0.25, 0.3) is 11.4 Å². The number of halogens is 1. The van der Waals surface area contributed by atoms with Crippen molar-refractivity contribution in [2.75, 3.05) is 18.7 Å². The van der Waals surface area contributed by atoms with Crippen LogP contribution in [-0.2, 0) is 22.2 Å². The molecule has 4 rings (SSSR count). The van der Waals surface area contributed by atoms with E-state index in [0.29, 0.717) is 22.6 Å². The molecule has 0 saturated carbocycles. The molecule has 0 fully saturated rings. The van der Waals surface area contributed by atoms with Gasteiger partial charge in [0.1, 0.15) is 30.3 Å². The van der Waals surface area contributed by atoms with Gasteiger partial charge in [-0.15, -0.1) is 0 Å². The SMILES string of the molecule is COc1cccc(COc2cc(F)ccc2-c2ncnc(Nc3cccc(CS(C)(=O)=O)c3)n2)c1. The lowest BCUT2D eigenvalue weighted by molar-refractivity contribution is 0.304. The summed E-state index contributed by atoms with van der Waals surface area (Å²) in [6, 6.07) is 18.5. The summed E-state index contributed by atoms with van der Waals surface area (Å²) in [5, 5.41) is 3.06. The Kier molecular flexibility index (Phi) is 7.21. The first-order valence-corrected chi connectivity index (χ1v) is 12.6. The third kappa shape index (κ3) is 6.73. The Morgan fingerprint density at radius 3 is 2.57 bits per heavy atom. The molecule has 1 N–H and O–H groups in total. The summed E-state index contributed by atoms with van der Waals surface area (Å²) in [4.78, 5) is 12.8. The van der Waals surface area contributed by atoms with E-state index in [1.54, 1.807) is 37.4 Å². The van der Waals surface area contributed by atoms with Gasteiger partial charge in [-0.3, -0.25) is 0 Å². The highest BCUT2D eigenvalue weighted by Gasteiger charge is 2.13. The van der Waals surface area contributed by atoms with E-state index < -0.39 is 15.7 Å². The van der Waals surface area contributed by atoms with E-state index in [1.165, 1.54) is 24.7 Å². The molecule has 35 heavy (non-hydrogen) atoms. The molecule has 3 aromatic carbocycles. The maximum atomic E-state index is 14.0. The van der Waals surface area contributed by atoms with Crippen LogP contribution in [0.15, 0.2) is 73.1 Å². The van der Waals surface area contributed by atoms with Crippen LogP contribution < -0.4 is 14.8 Å². The minimum atomic E-state index is -3.17. The van der Waals surface area contributed by atoms with Gasteiger partial charge in [-0.2, -0.15) is 4.98 Å². The fourth-order valence-electron chi connectivity index (χ4n) is 3.38. The van der Waals surface area contributed by atoms with Crippen LogP contribution in [0.3, 0.4) is 0 Å². The summed E-state index contributed by atoms with van der Waals surface area (Å²) in [6.07, 6.45) is 2.52. The normalized spacial score (nSPS) is 11.2. The van der Waals surface area contributed by atoms with Gasteiger partial charge in [0, 0.05) is 18.0 Å². The monoisotopic (exact) mass is 494 g/mol. The first-order chi connectivity index (χ1) is 16.8. The van der Waals surface area contributed by atoms with Crippen LogP contribution in [0.1, 0.15) is 11.1 Å². The van der Waals surface area contributed by atoms with Gasteiger partial charge in [-0.25, -0.2) is 22.8 Å². The highest BCUT2D eigenvalue weighted by atomic mass is 32.2. The number of ether oxygens (including phenoxy) is 2. The topological polar surface area (TPSA) is 103 Å². The van der Waals surface area contributed by atoms with Gasteiger partial charge >= 0.3 is 0 Å². The number of benzene rings is 3. The molecule has 0 saturated heterocycles. The molecule has 8 nitrogen and oxygen atoms in total. The van der Waals surface area contributed by atoms with Crippen LogP contribution in [0.4, 0.5) is 16.0 Å². The van der Waals surface area contributed by atoms with E-state index in [9.17, 15) is 12.8 Å². The number of sulfone groups is 1. The van der Waals surface area contributed by atoms with Crippen molar-refractivity contribution in [3.8, 4) is 22.9 Å². The van der Waals surface area contributed by atoms with Crippen molar-refractivity contribution < 1.29 is 22.3 Å². The third-order valence-electron chi connectivity index (χ3n) is 4.90. The molecule has 0 aliphatic heterocycles. The molecule has 4 aromatic rings. The second-order valence-corrected chi connectivity index (χ2v) is 9.95. The van der Waals surface area contributed by atoms with Crippen molar-refractivity contribution in [3.63, 3.8) is 0 Å². The van der Waals surface area contributed by atoms with Gasteiger partial charge in [-0.1, -0.05) is 24.3 Å². The number of nitrogens with one attached hydrogen (secondary N) is 1. The number of methoxy groups -OCH3 is 1. The van der Waals surface area contributed by atoms with Crippen molar-refractivity contribution >= 4 is 21.5 Å². The van der Waals surface area contributed by atoms with E-state index >= 15 is 0 Å². The largest absolute Gasteiger partial charge is 0.497 e. The second-order valence-electron chi connectivity index (χ2n) is 7.81. The van der Waals surface area contributed by atoms with Crippen LogP contribution in [0.5, 0.6) is 11.5 Å². The zero-order chi connectivity index (χ0) is 24.8. The quantitative estimate of drug-likeness (QED) is 0.361. The Morgan fingerprint density at radius 2 is 1.77 bits per heavy atom. The molecule has 0 bridgehead atoms. The number of hydrogen-bond donors (Lipinski definition) is 1. The Hall–Kier alpha value is -4.05. The maximum absolute atomic E-state index is 14.0. The molecular formula is C25H23FN4O4S. The summed E-state index contributed by atoms with van der Waals surface area (Å²) < 4.78 is 48.4. The van der Waals surface area contributed by atoms with Crippen LogP contribution in [0.2, 0.25) is 0 Å². The summed E-state index contributed by atoms with van der Waals surface area (Å²) in [6.45, 7) is 0.191. The summed E-state index contributed by atoms with van der Waals surface area (Å²) in [7, 11) is -1.59. The van der Waals surface area contributed by atoms with Gasteiger partial charge in [0.2, 0.25) is 5.95 Å². The van der Waals surface area contributed by atoms with Gasteiger partial charge < -0.3 is 14.8 Å². The van der Waals surface area contributed by atoms with E-state index in [-0.39, 0.29) is 29.9 Å². The molecule has 0 aliphatic rings. The lowest BCUT2D eigenvalue weighted by Gasteiger charge is -2.12. The van der Waals surface area contributed by atoms with E-state index in [0.717, 1.165) is 5.56 Å². The lowest BCUT2D eigenvalue weighted by Crippen LogP contribution is -2.04. The van der Waals surface area contributed by atoms with Crippen molar-refractivity contribution in [1.29, 1.82) is 0 Å². The van der Waals surface area contributed by atoms with Crippen molar-refractivity contribution in [2.24, 2.45) is 0 Å². The first kappa shape index (κ1) is 24.1. The number of aromatic nitrogens is 3. The Balaban J connectivity index is 1.57. The molecule has 1 heterocycles. The zero-order valence-corrected chi connectivity index (χ0v) is 19.9. The third-order valence-corrected chi connectivity index (χ3v) is 5.75. The Labute approximate surface area is 202 Å². The molecule has 1 aromatic heterocycles. The van der Waals surface area contributed by atoms with E-state index in [2.05, 4.69) is 20.3 Å². The smallest absolute Gasteiger partial charge is 0.230 e. The maximum Gasteiger partial charge on any atom is 0.230 e. The van der Waals surface area contributed by atoms with Gasteiger partial charge in [0.05, 0.1) is 18.4 Å². The van der Waals surface area contributed by atoms with E-state index in [1.807, 2.05) is 24.3 Å². The number of hydrogen-bond acceptors (Lipinski definition) is 8. The molecule has 0 atom stereocenters. The lowest BCUT2D eigenvalue weighted by atomic mass is 10.1. The van der Waals surface area contributed by atoms with Crippen molar-refractivity contribution in [2.45, 2.75) is 12.4 Å². The number of nitrogens with zero attached hydrogens (tertiary/aromatic N) is 3. The van der Waals surface area contributed by atoms with Crippen LogP contribution in [0, 0.1) is 5.82 Å². The second kappa shape index (κ2) is 10.5. The van der Waals surface area contributed by atoms with Gasteiger partial charge in [0.25, 0.3) is 0 Å². The average Bonchev–Trinajstić information content (AvgIpc) is 2.82. The average molecular weight is 495 g/mol. The summed E-state index contributed by atoms with van der Waals surface area (Å²) >= 11 is 0. The van der Waals surface area contributed by atoms with Crippen LogP contribution >= 0.6 is 0 Å². The minimum absolute atomic E-state index is 0.0749. The van der Waals surface area contributed by atoms with Gasteiger partial charge in [0.15, 0.2) is 15.7 Å². The van der Waals surface area contributed by atoms with Crippen LogP contribution in [-0.4, -0.2) is 36.7 Å². The zero-order valence-electron chi connectivity index (χ0n) is 19.1. The van der Waals surface area contributed by atoms with Gasteiger partial charge in [-0.05, 0) is 47.5 Å². The summed E-state index contributed by atoms with van der Waals surface area (Å²) in [5.74, 6) is 0.975. The fraction of sp³-hybridized carbons (Fsp3) is 0.160. The molecule has 0 radical (unpaired) electrons. The highest BCUT2D eigenvalue weighted by molar-refractivity contribution is 7.89. The van der Waals surface area contributed by atoms with Crippen molar-refractivity contribution in [1.82, 2.24) is 15.0 Å². The van der Waals surface area contributed by atoms with Crippen molar-refractivity contribution in [3.05, 3.63) is 90.0 Å². The Morgan fingerprint density at radius 1 is 0.971 bits per heavy atom. The molecule has 10 heteroatoms. The number of rotatable bonds is 9. The standard InChI is InChI=1S/C25H23FN4O4S/c1-33-21-8-4-5-17(12-21)14-34-23-13-19(26)9-10-22(23)24-27-16-28-25(30-24)29-20-7-3-6-18(11-20)15-35(2,31)32/h3-13,16H,14-15H2,1-2H3,(H,27,28,29,30). The van der Waals surface area contributed by atoms with E-state index in [4.69, 9.17) is 9.47 Å². The first-order valence-electron chi connectivity index (χ1n) is 10.6. The molecular weight excluding hydrogens is 471 g/mol. The highest BCUT2D eigenvalue weighted by Crippen LogP contribution is 2.30. The summed E-state index contributed by atoms with van der Waals surface area (Å²) in [5.41, 5.74) is 2.60. The molecule has 0 spiro atoms.